The fourth-order valence-electron chi connectivity index (χ4n) is 3.66. The molecule has 0 aliphatic carbocycles. The second kappa shape index (κ2) is 10.00. The SMILES string of the molecule is CC(C)(CCCO)CNC(=O)N1CCCCC1COC(=O)N1CCCC1. The van der Waals surface area contributed by atoms with Gasteiger partial charge in [0, 0.05) is 32.8 Å². The molecule has 0 aromatic rings. The zero-order valence-corrected chi connectivity index (χ0v) is 16.3. The number of ether oxygens (including phenoxy) is 1. The van der Waals surface area contributed by atoms with E-state index in [1.807, 2.05) is 4.90 Å². The summed E-state index contributed by atoms with van der Waals surface area (Å²) in [5.74, 6) is 0. The molecule has 2 heterocycles. The van der Waals surface area contributed by atoms with Gasteiger partial charge in [-0.05, 0) is 50.4 Å². The highest BCUT2D eigenvalue weighted by Crippen LogP contribution is 2.22. The van der Waals surface area contributed by atoms with Crippen LogP contribution >= 0.6 is 0 Å². The molecule has 1 unspecified atom stereocenters. The molecule has 2 fully saturated rings. The number of hydrogen-bond acceptors (Lipinski definition) is 4. The Labute approximate surface area is 157 Å². The molecule has 3 amide bonds. The molecule has 0 spiro atoms. The van der Waals surface area contributed by atoms with Crippen molar-refractivity contribution < 1.29 is 19.4 Å². The molecule has 1 atom stereocenters. The Morgan fingerprint density at radius 1 is 1.15 bits per heavy atom. The average Bonchev–Trinajstić information content (AvgIpc) is 3.18. The molecule has 2 rings (SSSR count). The first-order chi connectivity index (χ1) is 12.4. The quantitative estimate of drug-likeness (QED) is 0.723. The fraction of sp³-hybridized carbons (Fsp3) is 0.895. The van der Waals surface area contributed by atoms with Gasteiger partial charge in [0.25, 0.3) is 0 Å². The summed E-state index contributed by atoms with van der Waals surface area (Å²) < 4.78 is 5.48. The summed E-state index contributed by atoms with van der Waals surface area (Å²) in [5.41, 5.74) is -0.0497. The molecule has 150 valence electrons. The van der Waals surface area contributed by atoms with Crippen LogP contribution in [0.4, 0.5) is 9.59 Å². The van der Waals surface area contributed by atoms with Gasteiger partial charge in [0.1, 0.15) is 6.61 Å². The molecular weight excluding hydrogens is 334 g/mol. The lowest BCUT2D eigenvalue weighted by molar-refractivity contribution is 0.0648. The number of amides is 3. The Balaban J connectivity index is 1.80. The average molecular weight is 370 g/mol. The summed E-state index contributed by atoms with van der Waals surface area (Å²) in [6, 6.07) is -0.125. The van der Waals surface area contributed by atoms with Crippen LogP contribution in [-0.4, -0.2) is 72.5 Å². The monoisotopic (exact) mass is 369 g/mol. The largest absolute Gasteiger partial charge is 0.447 e. The summed E-state index contributed by atoms with van der Waals surface area (Å²) in [5, 5.41) is 12.0. The van der Waals surface area contributed by atoms with Crippen molar-refractivity contribution in [3.05, 3.63) is 0 Å². The van der Waals surface area contributed by atoms with Gasteiger partial charge in [0.2, 0.25) is 0 Å². The van der Waals surface area contributed by atoms with Crippen molar-refractivity contribution in [1.82, 2.24) is 15.1 Å². The van der Waals surface area contributed by atoms with E-state index in [0.29, 0.717) is 13.1 Å². The van der Waals surface area contributed by atoms with Crippen LogP contribution in [0.15, 0.2) is 0 Å². The van der Waals surface area contributed by atoms with E-state index in [0.717, 1.165) is 58.0 Å². The van der Waals surface area contributed by atoms with Gasteiger partial charge >= 0.3 is 12.1 Å². The van der Waals surface area contributed by atoms with E-state index in [4.69, 9.17) is 9.84 Å². The van der Waals surface area contributed by atoms with Crippen LogP contribution in [0.3, 0.4) is 0 Å². The van der Waals surface area contributed by atoms with E-state index >= 15 is 0 Å². The molecular formula is C19H35N3O4. The van der Waals surface area contributed by atoms with Gasteiger partial charge in [-0.25, -0.2) is 9.59 Å². The topological polar surface area (TPSA) is 82.1 Å². The molecule has 0 radical (unpaired) electrons. The van der Waals surface area contributed by atoms with Crippen LogP contribution in [0.2, 0.25) is 0 Å². The van der Waals surface area contributed by atoms with Gasteiger partial charge in [0.15, 0.2) is 0 Å². The van der Waals surface area contributed by atoms with E-state index < -0.39 is 0 Å². The van der Waals surface area contributed by atoms with Crippen molar-refractivity contribution in [3.63, 3.8) is 0 Å². The highest BCUT2D eigenvalue weighted by Gasteiger charge is 2.30. The second-order valence-electron chi connectivity index (χ2n) is 8.26. The minimum absolute atomic E-state index is 0.0455. The number of nitrogens with zero attached hydrogens (tertiary/aromatic N) is 2. The van der Waals surface area contributed by atoms with Crippen molar-refractivity contribution in [2.75, 3.05) is 39.4 Å². The number of aliphatic hydroxyl groups is 1. The summed E-state index contributed by atoms with van der Waals surface area (Å²) in [7, 11) is 0. The zero-order chi connectivity index (χ0) is 19.0. The normalized spacial score (nSPS) is 21.0. The minimum Gasteiger partial charge on any atom is -0.447 e. The lowest BCUT2D eigenvalue weighted by Crippen LogP contribution is -2.52. The maximum Gasteiger partial charge on any atom is 0.409 e. The molecule has 7 heteroatoms. The predicted molar refractivity (Wildman–Crippen MR) is 100.0 cm³/mol. The Bertz CT molecular complexity index is 464. The van der Waals surface area contributed by atoms with Crippen molar-refractivity contribution in [2.45, 2.75) is 64.8 Å². The van der Waals surface area contributed by atoms with E-state index in [1.54, 1.807) is 4.90 Å². The molecule has 0 aromatic heterocycles. The number of rotatable bonds is 7. The molecule has 0 bridgehead atoms. The number of carbonyl (C=O) groups excluding carboxylic acids is 2. The Hall–Kier alpha value is -1.50. The van der Waals surface area contributed by atoms with Crippen LogP contribution < -0.4 is 5.32 Å². The molecule has 2 N–H and O–H groups in total. The fourth-order valence-corrected chi connectivity index (χ4v) is 3.66. The second-order valence-corrected chi connectivity index (χ2v) is 8.26. The van der Waals surface area contributed by atoms with E-state index in [9.17, 15) is 9.59 Å². The van der Waals surface area contributed by atoms with Crippen molar-refractivity contribution in [1.29, 1.82) is 0 Å². The summed E-state index contributed by atoms with van der Waals surface area (Å²) >= 11 is 0. The highest BCUT2D eigenvalue weighted by atomic mass is 16.6. The van der Waals surface area contributed by atoms with Crippen molar-refractivity contribution >= 4 is 12.1 Å². The Morgan fingerprint density at radius 3 is 2.54 bits per heavy atom. The molecule has 2 saturated heterocycles. The molecule has 26 heavy (non-hydrogen) atoms. The smallest absolute Gasteiger partial charge is 0.409 e. The van der Waals surface area contributed by atoms with Crippen LogP contribution in [0.5, 0.6) is 0 Å². The first-order valence-corrected chi connectivity index (χ1v) is 10.00. The Kier molecular flexibility index (Phi) is 8.00. The number of urea groups is 1. The molecule has 7 nitrogen and oxygen atoms in total. The molecule has 0 aromatic carbocycles. The number of likely N-dealkylation sites (tertiary alicyclic amines) is 2. The van der Waals surface area contributed by atoms with Gasteiger partial charge in [-0.2, -0.15) is 0 Å². The summed E-state index contributed by atoms with van der Waals surface area (Å²) in [4.78, 5) is 28.3. The third-order valence-electron chi connectivity index (χ3n) is 5.38. The number of carbonyl (C=O) groups is 2. The number of nitrogens with one attached hydrogen (secondary N) is 1. The van der Waals surface area contributed by atoms with Crippen LogP contribution in [-0.2, 0) is 4.74 Å². The first kappa shape index (κ1) is 20.8. The van der Waals surface area contributed by atoms with Crippen molar-refractivity contribution in [2.24, 2.45) is 5.41 Å². The lowest BCUT2D eigenvalue weighted by atomic mass is 9.88. The zero-order valence-electron chi connectivity index (χ0n) is 16.3. The van der Waals surface area contributed by atoms with E-state index in [1.165, 1.54) is 0 Å². The maximum atomic E-state index is 12.6. The minimum atomic E-state index is -0.251. The lowest BCUT2D eigenvalue weighted by Gasteiger charge is -2.36. The van der Waals surface area contributed by atoms with Crippen molar-refractivity contribution in [3.8, 4) is 0 Å². The molecule has 2 aliphatic rings. The van der Waals surface area contributed by atoms with Gasteiger partial charge in [0.05, 0.1) is 6.04 Å². The van der Waals surface area contributed by atoms with Gasteiger partial charge < -0.3 is 25.0 Å². The highest BCUT2D eigenvalue weighted by molar-refractivity contribution is 5.75. The van der Waals surface area contributed by atoms with Gasteiger partial charge in [-0.15, -0.1) is 0 Å². The Morgan fingerprint density at radius 2 is 1.85 bits per heavy atom. The van der Waals surface area contributed by atoms with E-state index in [2.05, 4.69) is 19.2 Å². The summed E-state index contributed by atoms with van der Waals surface area (Å²) in [6.45, 7) is 7.46. The third-order valence-corrected chi connectivity index (χ3v) is 5.38. The van der Waals surface area contributed by atoms with Crippen LogP contribution in [0.1, 0.15) is 58.8 Å². The van der Waals surface area contributed by atoms with Crippen LogP contribution in [0, 0.1) is 5.41 Å². The number of hydrogen-bond donors (Lipinski definition) is 2. The van der Waals surface area contributed by atoms with E-state index in [-0.39, 0.29) is 36.8 Å². The van der Waals surface area contributed by atoms with Crippen LogP contribution in [0.25, 0.3) is 0 Å². The number of aliphatic hydroxyl groups excluding tert-OH is 1. The van der Waals surface area contributed by atoms with Gasteiger partial charge in [-0.1, -0.05) is 13.8 Å². The summed E-state index contributed by atoms with van der Waals surface area (Å²) in [6.07, 6.45) is 6.34. The number of piperidine rings is 1. The molecule has 2 aliphatic heterocycles. The predicted octanol–water partition coefficient (Wildman–Crippen LogP) is 2.58. The third kappa shape index (κ3) is 6.34. The maximum absolute atomic E-state index is 12.6. The first-order valence-electron chi connectivity index (χ1n) is 10.00. The van der Waals surface area contributed by atoms with Gasteiger partial charge in [-0.3, -0.25) is 0 Å². The standard InChI is InChI=1S/C19H35N3O4/c1-19(2,9-7-13-23)15-20-17(24)22-12-4-3-8-16(22)14-26-18(25)21-10-5-6-11-21/h16,23H,3-15H2,1-2H3,(H,20,24). The molecule has 0 saturated carbocycles.